The quantitative estimate of drug-likeness (QED) is 0.103. The Morgan fingerprint density at radius 1 is 1.09 bits per heavy atom. The number of halogens is 3. The van der Waals surface area contributed by atoms with Crippen molar-refractivity contribution in [2.75, 3.05) is 6.61 Å². The van der Waals surface area contributed by atoms with Crippen molar-refractivity contribution in [2.24, 2.45) is 11.8 Å². The van der Waals surface area contributed by atoms with E-state index in [-0.39, 0.29) is 37.0 Å². The lowest BCUT2D eigenvalue weighted by molar-refractivity contribution is -0.139. The highest BCUT2D eigenvalue weighted by Gasteiger charge is 2.39. The fourth-order valence-corrected chi connectivity index (χ4v) is 4.95. The molecule has 1 fully saturated rings. The number of allylic oxidation sites excluding steroid dienone is 2. The van der Waals surface area contributed by atoms with Gasteiger partial charge in [0.15, 0.2) is 0 Å². The molecule has 1 aliphatic carbocycles. The molecule has 3 rings (SSSR count). The molecule has 44 heavy (non-hydrogen) atoms. The highest BCUT2D eigenvalue weighted by Crippen LogP contribution is 2.36. The Morgan fingerprint density at radius 3 is 2.57 bits per heavy atom. The van der Waals surface area contributed by atoms with Gasteiger partial charge in [0.1, 0.15) is 30.3 Å². The molecule has 0 saturated heterocycles. The van der Waals surface area contributed by atoms with Crippen LogP contribution in [0.4, 0.5) is 13.2 Å². The number of benzene rings is 2. The maximum Gasteiger partial charge on any atom is 0.416 e. The summed E-state index contributed by atoms with van der Waals surface area (Å²) in [6, 6.07) is 10.7. The largest absolute Gasteiger partial charge is 0.491 e. The number of aliphatic hydroxyl groups excluding tert-OH is 3. The Kier molecular flexibility index (Phi) is 13.0. The number of unbranched alkanes of at least 4 members (excludes halogenated alkanes) is 1. The van der Waals surface area contributed by atoms with E-state index in [0.717, 1.165) is 17.7 Å². The molecule has 0 bridgehead atoms. The molecule has 1 aliphatic rings. The van der Waals surface area contributed by atoms with Crippen LogP contribution in [-0.2, 0) is 15.8 Å². The SMILES string of the molecule is Cc1ccccc1OC(=O)C(C)NC(=O)CCC/C=C\C[C@@H]1[C@@H](/C=C/[C@@H](O)COc2cccc(C(F)(F)F)c2)[C@H](O)C[C@@H]1O. The summed E-state index contributed by atoms with van der Waals surface area (Å²) in [5.41, 5.74) is -0.0409. The highest BCUT2D eigenvalue weighted by atomic mass is 19.4. The first-order chi connectivity index (χ1) is 20.8. The topological polar surface area (TPSA) is 125 Å². The van der Waals surface area contributed by atoms with Gasteiger partial charge < -0.3 is 30.1 Å². The summed E-state index contributed by atoms with van der Waals surface area (Å²) in [5, 5.41) is 33.8. The van der Waals surface area contributed by atoms with Gasteiger partial charge in [-0.2, -0.15) is 13.2 Å². The first-order valence-electron chi connectivity index (χ1n) is 14.6. The van der Waals surface area contributed by atoms with Crippen molar-refractivity contribution < 1.29 is 47.6 Å². The average molecular weight is 620 g/mol. The van der Waals surface area contributed by atoms with E-state index in [2.05, 4.69) is 5.32 Å². The van der Waals surface area contributed by atoms with Crippen LogP contribution in [0.3, 0.4) is 0 Å². The van der Waals surface area contributed by atoms with E-state index in [1.165, 1.54) is 18.2 Å². The number of aliphatic hydroxyl groups is 3. The fourth-order valence-electron chi connectivity index (χ4n) is 4.95. The second-order valence-electron chi connectivity index (χ2n) is 11.0. The average Bonchev–Trinajstić information content (AvgIpc) is 3.24. The third-order valence-electron chi connectivity index (χ3n) is 7.44. The minimum Gasteiger partial charge on any atom is -0.491 e. The molecule has 0 radical (unpaired) electrons. The van der Waals surface area contributed by atoms with E-state index < -0.39 is 48.0 Å². The number of hydrogen-bond acceptors (Lipinski definition) is 7. The summed E-state index contributed by atoms with van der Waals surface area (Å²) in [4.78, 5) is 24.6. The predicted molar refractivity (Wildman–Crippen MR) is 158 cm³/mol. The number of nitrogens with one attached hydrogen (secondary N) is 1. The molecule has 4 N–H and O–H groups in total. The van der Waals surface area contributed by atoms with E-state index in [9.17, 15) is 38.1 Å². The summed E-state index contributed by atoms with van der Waals surface area (Å²) in [6.45, 7) is 3.10. The van der Waals surface area contributed by atoms with Crippen LogP contribution in [-0.4, -0.2) is 58.2 Å². The van der Waals surface area contributed by atoms with E-state index in [1.807, 2.05) is 31.2 Å². The molecule has 8 nitrogen and oxygen atoms in total. The zero-order valence-electron chi connectivity index (χ0n) is 24.7. The molecule has 6 atom stereocenters. The number of esters is 1. The summed E-state index contributed by atoms with van der Waals surface area (Å²) < 4.78 is 49.3. The van der Waals surface area contributed by atoms with Crippen molar-refractivity contribution in [3.05, 3.63) is 84.0 Å². The van der Waals surface area contributed by atoms with Gasteiger partial charge in [0.05, 0.1) is 17.8 Å². The second kappa shape index (κ2) is 16.4. The smallest absolute Gasteiger partial charge is 0.416 e. The fraction of sp³-hybridized carbons (Fsp3) is 0.455. The number of para-hydroxylation sites is 1. The Bertz CT molecular complexity index is 1300. The third kappa shape index (κ3) is 10.8. The number of alkyl halides is 3. The van der Waals surface area contributed by atoms with Gasteiger partial charge in [-0.3, -0.25) is 4.79 Å². The van der Waals surface area contributed by atoms with Crippen LogP contribution in [0.1, 0.15) is 50.2 Å². The summed E-state index contributed by atoms with van der Waals surface area (Å²) in [7, 11) is 0. The minimum atomic E-state index is -4.51. The van der Waals surface area contributed by atoms with Crippen molar-refractivity contribution >= 4 is 11.9 Å². The summed E-state index contributed by atoms with van der Waals surface area (Å²) in [6.07, 6.45) is 1.54. The molecule has 2 aromatic carbocycles. The van der Waals surface area contributed by atoms with Gasteiger partial charge in [0.2, 0.25) is 5.91 Å². The Morgan fingerprint density at radius 2 is 1.84 bits per heavy atom. The monoisotopic (exact) mass is 619 g/mol. The van der Waals surface area contributed by atoms with Crippen LogP contribution >= 0.6 is 0 Å². The van der Waals surface area contributed by atoms with Gasteiger partial charge in [-0.25, -0.2) is 4.79 Å². The lowest BCUT2D eigenvalue weighted by Gasteiger charge is -2.19. The molecule has 0 aliphatic heterocycles. The molecule has 0 spiro atoms. The molecule has 1 unspecified atom stereocenters. The van der Waals surface area contributed by atoms with Gasteiger partial charge >= 0.3 is 12.1 Å². The van der Waals surface area contributed by atoms with E-state index >= 15 is 0 Å². The van der Waals surface area contributed by atoms with Crippen LogP contribution in [0.2, 0.25) is 0 Å². The van der Waals surface area contributed by atoms with Crippen molar-refractivity contribution in [3.8, 4) is 11.5 Å². The van der Waals surface area contributed by atoms with Crippen molar-refractivity contribution in [1.29, 1.82) is 0 Å². The first kappa shape index (κ1) is 34.8. The predicted octanol–water partition coefficient (Wildman–Crippen LogP) is 4.89. The molecule has 1 amide bonds. The van der Waals surface area contributed by atoms with Gasteiger partial charge in [0.25, 0.3) is 0 Å². The lowest BCUT2D eigenvalue weighted by atomic mass is 9.89. The number of hydrogen-bond donors (Lipinski definition) is 4. The van der Waals surface area contributed by atoms with Crippen LogP contribution < -0.4 is 14.8 Å². The number of carbonyl (C=O) groups is 2. The molecule has 2 aromatic rings. The minimum absolute atomic E-state index is 0.0285. The molecule has 11 heteroatoms. The van der Waals surface area contributed by atoms with Gasteiger partial charge in [-0.15, -0.1) is 0 Å². The maximum absolute atomic E-state index is 12.9. The number of amides is 1. The summed E-state index contributed by atoms with van der Waals surface area (Å²) >= 11 is 0. The highest BCUT2D eigenvalue weighted by molar-refractivity contribution is 5.85. The second-order valence-corrected chi connectivity index (χ2v) is 11.0. The van der Waals surface area contributed by atoms with Crippen molar-refractivity contribution in [3.63, 3.8) is 0 Å². The van der Waals surface area contributed by atoms with Crippen LogP contribution in [0.15, 0.2) is 72.8 Å². The van der Waals surface area contributed by atoms with Crippen molar-refractivity contribution in [1.82, 2.24) is 5.32 Å². The van der Waals surface area contributed by atoms with E-state index in [4.69, 9.17) is 9.47 Å². The van der Waals surface area contributed by atoms with Crippen LogP contribution in [0.5, 0.6) is 11.5 Å². The molecular weight excluding hydrogens is 579 g/mol. The normalized spacial score (nSPS) is 21.8. The zero-order chi connectivity index (χ0) is 32.3. The standard InChI is InChI=1S/C33H40F3NO7/c1-21-10-7-8-14-30(21)44-32(42)22(2)37-31(41)15-6-4-3-5-13-26-27(29(40)19-28(26)39)17-16-24(38)20-43-25-12-9-11-23(18-25)33(34,35)36/h3,5,7-12,14,16-18,22,24,26-29,38-40H,4,6,13,15,19-20H2,1-2H3,(H,37,41)/b5-3-,17-16+/t22?,24-,26-,27-,28+,29-/m1/s1. The number of ether oxygens (including phenoxy) is 2. The summed E-state index contributed by atoms with van der Waals surface area (Å²) in [5.74, 6) is -1.16. The van der Waals surface area contributed by atoms with E-state index in [1.54, 1.807) is 25.1 Å². The van der Waals surface area contributed by atoms with Crippen LogP contribution in [0, 0.1) is 18.8 Å². The van der Waals surface area contributed by atoms with Crippen molar-refractivity contribution in [2.45, 2.75) is 76.5 Å². The molecular formula is C33H40F3NO7. The van der Waals surface area contributed by atoms with Gasteiger partial charge in [-0.05, 0) is 68.9 Å². The third-order valence-corrected chi connectivity index (χ3v) is 7.44. The maximum atomic E-state index is 12.9. The Labute approximate surface area is 255 Å². The molecule has 240 valence electrons. The lowest BCUT2D eigenvalue weighted by Crippen LogP contribution is -2.40. The number of rotatable bonds is 14. The van der Waals surface area contributed by atoms with Gasteiger partial charge in [0, 0.05) is 18.8 Å². The molecule has 1 saturated carbocycles. The number of aryl methyl sites for hydroxylation is 1. The Balaban J connectivity index is 1.39. The van der Waals surface area contributed by atoms with Gasteiger partial charge in [-0.1, -0.05) is 48.6 Å². The van der Waals surface area contributed by atoms with Crippen LogP contribution in [0.25, 0.3) is 0 Å². The van der Waals surface area contributed by atoms with E-state index in [0.29, 0.717) is 25.0 Å². The Hall–Kier alpha value is -3.67. The first-order valence-corrected chi connectivity index (χ1v) is 14.6. The zero-order valence-corrected chi connectivity index (χ0v) is 24.7. The molecule has 0 aromatic heterocycles. The molecule has 0 heterocycles. The number of carbonyl (C=O) groups excluding carboxylic acids is 2.